The lowest BCUT2D eigenvalue weighted by Crippen LogP contribution is -2.51. The van der Waals surface area contributed by atoms with Crippen molar-refractivity contribution in [1.82, 2.24) is 20.2 Å². The third-order valence-corrected chi connectivity index (χ3v) is 4.83. The molecule has 0 fully saturated rings. The topological polar surface area (TPSA) is 153 Å². The Morgan fingerprint density at radius 1 is 1.15 bits per heavy atom. The molecule has 0 aliphatic heterocycles. The van der Waals surface area contributed by atoms with Crippen LogP contribution in [0.1, 0.15) is 25.8 Å². The van der Waals surface area contributed by atoms with E-state index in [-0.39, 0.29) is 40.7 Å². The molecule has 2 rings (SSSR count). The van der Waals surface area contributed by atoms with Gasteiger partial charge < -0.3 is 21.7 Å². The number of anilines is 2. The molecule has 0 spiro atoms. The average molecular weight is 372 g/mol. The molecule has 7 N–H and O–H groups in total. The maximum absolute atomic E-state index is 12.6. The number of aromatic nitrogens is 2. The van der Waals surface area contributed by atoms with E-state index >= 15 is 0 Å². The van der Waals surface area contributed by atoms with Crippen molar-refractivity contribution in [1.29, 1.82) is 0 Å². The molecular formula is C18H26N7O2+. The molecule has 0 aromatic carbocycles. The summed E-state index contributed by atoms with van der Waals surface area (Å²) < 4.78 is 0. The lowest BCUT2D eigenvalue weighted by Gasteiger charge is -2.29. The fourth-order valence-electron chi connectivity index (χ4n) is 2.80. The molecule has 1 aromatic rings. The molecule has 2 atom stereocenters. The highest BCUT2D eigenvalue weighted by molar-refractivity contribution is 6.44. The van der Waals surface area contributed by atoms with Crippen molar-refractivity contribution < 1.29 is 15.0 Å². The summed E-state index contributed by atoms with van der Waals surface area (Å²) in [6, 6.07) is 0. The Balaban J connectivity index is 2.18. The van der Waals surface area contributed by atoms with Crippen LogP contribution in [0.4, 0.5) is 11.6 Å². The molecule has 1 aromatic heterocycles. The number of rotatable bonds is 5. The van der Waals surface area contributed by atoms with Crippen molar-refractivity contribution in [2.45, 2.75) is 20.3 Å². The molecule has 2 unspecified atom stereocenters. The van der Waals surface area contributed by atoms with Gasteiger partial charge in [-0.25, -0.2) is 15.4 Å². The number of carbonyl (C=O) groups is 2. The van der Waals surface area contributed by atoms with Gasteiger partial charge in [-0.3, -0.25) is 9.59 Å². The molecule has 9 nitrogen and oxygen atoms in total. The van der Waals surface area contributed by atoms with Crippen molar-refractivity contribution in [3.63, 3.8) is 0 Å². The second-order valence-electron chi connectivity index (χ2n) is 6.79. The van der Waals surface area contributed by atoms with Crippen LogP contribution in [0, 0.1) is 11.8 Å². The number of hydrogen-bond acceptors (Lipinski definition) is 6. The van der Waals surface area contributed by atoms with E-state index < -0.39 is 5.91 Å². The third kappa shape index (κ3) is 4.30. The van der Waals surface area contributed by atoms with E-state index in [1.165, 1.54) is 6.33 Å². The highest BCUT2D eigenvalue weighted by Crippen LogP contribution is 2.31. The number of nitrogens with one attached hydrogen (secondary N) is 1. The fourth-order valence-corrected chi connectivity index (χ4v) is 2.80. The molecule has 9 heteroatoms. The summed E-state index contributed by atoms with van der Waals surface area (Å²) in [5.74, 6) is -0.329. The van der Waals surface area contributed by atoms with Crippen molar-refractivity contribution in [2.24, 2.45) is 11.8 Å². The number of hydrogen-bond donors (Lipinski definition) is 4. The smallest absolute Gasteiger partial charge is 0.320 e. The zero-order valence-corrected chi connectivity index (χ0v) is 16.0. The molecule has 0 radical (unpaired) electrons. The molecule has 0 saturated carbocycles. The number of allylic oxidation sites excluding steroid dienone is 3. The Kier molecular flexibility index (Phi) is 5.94. The van der Waals surface area contributed by atoms with E-state index in [1.807, 2.05) is 19.9 Å². The van der Waals surface area contributed by atoms with Gasteiger partial charge >= 0.3 is 5.91 Å². The molecule has 1 aliphatic rings. The van der Waals surface area contributed by atoms with Gasteiger partial charge in [0.1, 0.15) is 23.5 Å². The summed E-state index contributed by atoms with van der Waals surface area (Å²) in [4.78, 5) is 33.7. The Bertz CT molecular complexity index is 822. The van der Waals surface area contributed by atoms with Crippen molar-refractivity contribution in [3.8, 4) is 0 Å². The van der Waals surface area contributed by atoms with E-state index in [2.05, 4.69) is 15.3 Å². The number of nitrogens with zero attached hydrogens (tertiary/aromatic N) is 3. The molecule has 2 amide bonds. The minimum atomic E-state index is -0.533. The molecular weight excluding hydrogens is 346 g/mol. The Hall–Kier alpha value is -3.23. The monoisotopic (exact) mass is 372 g/mol. The number of amides is 2. The standard InChI is InChI=1S/C18H25N7O2/c1-9-10(2)12(6-5-11(9)7-13(26)25(3)4)24-18(27)15(19)14-16(20)22-8-23-17(14)21/h5-6,8-10,19H,7H2,1-4H3,(H,24,27)(H4,20,21,22,23)/p+1. The predicted molar refractivity (Wildman–Crippen MR) is 103 cm³/mol. The number of carbonyl (C=O) groups excluding carboxylic acids is 2. The van der Waals surface area contributed by atoms with Gasteiger partial charge in [-0.2, -0.15) is 0 Å². The zero-order valence-electron chi connectivity index (χ0n) is 16.0. The van der Waals surface area contributed by atoms with Crippen molar-refractivity contribution in [2.75, 3.05) is 25.6 Å². The maximum atomic E-state index is 12.6. The molecule has 1 aliphatic carbocycles. The molecule has 144 valence electrons. The molecule has 27 heavy (non-hydrogen) atoms. The summed E-state index contributed by atoms with van der Waals surface area (Å²) in [6.07, 6.45) is 5.21. The summed E-state index contributed by atoms with van der Waals surface area (Å²) >= 11 is 0. The minimum absolute atomic E-state index is 0.00145. The van der Waals surface area contributed by atoms with Gasteiger partial charge in [-0.15, -0.1) is 0 Å². The van der Waals surface area contributed by atoms with E-state index in [1.54, 1.807) is 25.1 Å². The Labute approximate surface area is 158 Å². The fraction of sp³-hybridized carbons (Fsp3) is 0.389. The van der Waals surface area contributed by atoms with Crippen molar-refractivity contribution in [3.05, 3.63) is 35.3 Å². The summed E-state index contributed by atoms with van der Waals surface area (Å²) in [5.41, 5.74) is 13.2. The maximum Gasteiger partial charge on any atom is 0.320 e. The van der Waals surface area contributed by atoms with E-state index in [9.17, 15) is 9.59 Å². The summed E-state index contributed by atoms with van der Waals surface area (Å²) in [6.45, 7) is 4.00. The Morgan fingerprint density at radius 3 is 2.30 bits per heavy atom. The molecule has 1 heterocycles. The number of nitrogens with two attached hydrogens (primary N) is 3. The van der Waals surface area contributed by atoms with Gasteiger partial charge in [-0.1, -0.05) is 25.5 Å². The highest BCUT2D eigenvalue weighted by Gasteiger charge is 2.30. The van der Waals surface area contributed by atoms with Crippen LogP contribution in [0.15, 0.2) is 29.7 Å². The SMILES string of the molecule is CC1C(CC(=O)N(C)C)=CC=C(NC(=O)C(=[NH2+])c2c(N)ncnc2N)C1C. The van der Waals surface area contributed by atoms with Crippen LogP contribution in [0.2, 0.25) is 0 Å². The van der Waals surface area contributed by atoms with Crippen LogP contribution >= 0.6 is 0 Å². The van der Waals surface area contributed by atoms with E-state index in [0.29, 0.717) is 12.1 Å². The zero-order chi connectivity index (χ0) is 20.3. The van der Waals surface area contributed by atoms with Crippen LogP contribution in [0.5, 0.6) is 0 Å². The molecule has 0 saturated heterocycles. The first kappa shape index (κ1) is 20.1. The average Bonchev–Trinajstić information content (AvgIpc) is 2.60. The highest BCUT2D eigenvalue weighted by atomic mass is 16.2. The predicted octanol–water partition coefficient (Wildman–Crippen LogP) is -1.12. The van der Waals surface area contributed by atoms with Crippen LogP contribution in [0.3, 0.4) is 0 Å². The second kappa shape index (κ2) is 7.98. The first-order valence-corrected chi connectivity index (χ1v) is 8.54. The Morgan fingerprint density at radius 2 is 1.74 bits per heavy atom. The lowest BCUT2D eigenvalue weighted by atomic mass is 9.81. The third-order valence-electron chi connectivity index (χ3n) is 4.83. The van der Waals surface area contributed by atoms with Crippen LogP contribution in [-0.2, 0) is 9.59 Å². The van der Waals surface area contributed by atoms with Crippen molar-refractivity contribution >= 4 is 29.2 Å². The van der Waals surface area contributed by atoms with Crippen LogP contribution in [0.25, 0.3) is 0 Å². The van der Waals surface area contributed by atoms with E-state index in [0.717, 1.165) is 5.57 Å². The van der Waals surface area contributed by atoms with Crippen LogP contribution in [-0.4, -0.2) is 46.5 Å². The van der Waals surface area contributed by atoms with Gasteiger partial charge in [0.25, 0.3) is 5.71 Å². The second-order valence-corrected chi connectivity index (χ2v) is 6.79. The minimum Gasteiger partial charge on any atom is -0.383 e. The van der Waals surface area contributed by atoms with Gasteiger partial charge in [0.2, 0.25) is 5.91 Å². The molecule has 0 bridgehead atoms. The van der Waals surface area contributed by atoms with Gasteiger partial charge in [-0.05, 0) is 12.0 Å². The summed E-state index contributed by atoms with van der Waals surface area (Å²) in [5, 5.41) is 8.74. The lowest BCUT2D eigenvalue weighted by molar-refractivity contribution is -0.135. The summed E-state index contributed by atoms with van der Waals surface area (Å²) in [7, 11) is 3.45. The first-order chi connectivity index (χ1) is 12.6. The quantitative estimate of drug-likeness (QED) is 0.480. The normalized spacial score (nSPS) is 19.0. The first-order valence-electron chi connectivity index (χ1n) is 8.54. The van der Waals surface area contributed by atoms with Gasteiger partial charge in [0.05, 0.1) is 0 Å². The van der Waals surface area contributed by atoms with Gasteiger partial charge in [0, 0.05) is 32.1 Å². The van der Waals surface area contributed by atoms with Gasteiger partial charge in [0.15, 0.2) is 0 Å². The largest absolute Gasteiger partial charge is 0.383 e. The van der Waals surface area contributed by atoms with E-state index in [4.69, 9.17) is 16.9 Å². The van der Waals surface area contributed by atoms with Crippen LogP contribution < -0.4 is 22.2 Å². The number of nitrogen functional groups attached to an aromatic ring is 2.